The van der Waals surface area contributed by atoms with Gasteiger partial charge in [0.05, 0.1) is 12.6 Å². The molecule has 0 radical (unpaired) electrons. The molecule has 0 aliphatic carbocycles. The molecular weight excluding hydrogens is 265 g/mol. The molecule has 0 saturated carbocycles. The summed E-state index contributed by atoms with van der Waals surface area (Å²) in [7, 11) is 0. The van der Waals surface area contributed by atoms with Crippen molar-refractivity contribution in [3.8, 4) is 5.75 Å². The summed E-state index contributed by atoms with van der Waals surface area (Å²) in [6, 6.07) is 13.2. The first-order valence-corrected chi connectivity index (χ1v) is 7.52. The standard InChI is InChI=1S/C18H20FNO/c1-2-20-18(13-5-8-16(19)9-6-13)15-7-10-17-14(12-15)4-3-11-21-17/h5-10,12,18,20H,2-4,11H2,1H3. The maximum absolute atomic E-state index is 13.1. The predicted octanol–water partition coefficient (Wildman–Crippen LogP) is 3.85. The zero-order valence-electron chi connectivity index (χ0n) is 12.2. The summed E-state index contributed by atoms with van der Waals surface area (Å²) in [4.78, 5) is 0. The zero-order valence-corrected chi connectivity index (χ0v) is 12.2. The van der Waals surface area contributed by atoms with Gasteiger partial charge in [-0.15, -0.1) is 0 Å². The Bertz CT molecular complexity index is 609. The predicted molar refractivity (Wildman–Crippen MR) is 82.2 cm³/mol. The number of fused-ring (bicyclic) bond motifs is 1. The second-order valence-electron chi connectivity index (χ2n) is 5.36. The summed E-state index contributed by atoms with van der Waals surface area (Å²) >= 11 is 0. The summed E-state index contributed by atoms with van der Waals surface area (Å²) < 4.78 is 18.8. The van der Waals surface area contributed by atoms with Crippen LogP contribution in [0.2, 0.25) is 0 Å². The van der Waals surface area contributed by atoms with E-state index in [0.717, 1.165) is 37.3 Å². The minimum Gasteiger partial charge on any atom is -0.493 e. The summed E-state index contributed by atoms with van der Waals surface area (Å²) in [6.45, 7) is 3.74. The maximum Gasteiger partial charge on any atom is 0.123 e. The summed E-state index contributed by atoms with van der Waals surface area (Å²) in [5.74, 6) is 0.798. The van der Waals surface area contributed by atoms with Crippen LogP contribution in [0.15, 0.2) is 42.5 Å². The number of hydrogen-bond acceptors (Lipinski definition) is 2. The molecule has 0 amide bonds. The van der Waals surface area contributed by atoms with Crippen LogP contribution in [0.1, 0.15) is 36.1 Å². The Balaban J connectivity index is 1.95. The van der Waals surface area contributed by atoms with Crippen LogP contribution in [0.5, 0.6) is 5.75 Å². The molecule has 1 heterocycles. The van der Waals surface area contributed by atoms with Crippen molar-refractivity contribution in [3.63, 3.8) is 0 Å². The highest BCUT2D eigenvalue weighted by Crippen LogP contribution is 2.30. The smallest absolute Gasteiger partial charge is 0.123 e. The average molecular weight is 285 g/mol. The van der Waals surface area contributed by atoms with Gasteiger partial charge in [0.15, 0.2) is 0 Å². The third kappa shape index (κ3) is 3.08. The number of rotatable bonds is 4. The molecule has 21 heavy (non-hydrogen) atoms. The third-order valence-corrected chi connectivity index (χ3v) is 3.88. The van der Waals surface area contributed by atoms with Crippen molar-refractivity contribution in [2.75, 3.05) is 13.2 Å². The van der Waals surface area contributed by atoms with Crippen LogP contribution in [-0.2, 0) is 6.42 Å². The fourth-order valence-electron chi connectivity index (χ4n) is 2.85. The molecule has 1 N–H and O–H groups in total. The molecule has 0 bridgehead atoms. The van der Waals surface area contributed by atoms with Gasteiger partial charge in [0.25, 0.3) is 0 Å². The average Bonchev–Trinajstić information content (AvgIpc) is 2.53. The van der Waals surface area contributed by atoms with E-state index >= 15 is 0 Å². The van der Waals surface area contributed by atoms with Crippen molar-refractivity contribution in [3.05, 3.63) is 65.0 Å². The molecule has 1 aliphatic rings. The van der Waals surface area contributed by atoms with Gasteiger partial charge in [-0.25, -0.2) is 4.39 Å². The Morgan fingerprint density at radius 1 is 1.14 bits per heavy atom. The van der Waals surface area contributed by atoms with Crippen LogP contribution in [-0.4, -0.2) is 13.2 Å². The molecule has 3 heteroatoms. The maximum atomic E-state index is 13.1. The summed E-state index contributed by atoms with van der Waals surface area (Å²) in [6.07, 6.45) is 2.13. The van der Waals surface area contributed by atoms with Gasteiger partial charge in [-0.1, -0.05) is 31.2 Å². The van der Waals surface area contributed by atoms with Gasteiger partial charge in [0, 0.05) is 0 Å². The van der Waals surface area contributed by atoms with E-state index in [9.17, 15) is 4.39 Å². The molecule has 0 fully saturated rings. The number of aryl methyl sites for hydroxylation is 1. The molecule has 2 nitrogen and oxygen atoms in total. The Hall–Kier alpha value is -1.87. The first kappa shape index (κ1) is 14.1. The van der Waals surface area contributed by atoms with E-state index in [2.05, 4.69) is 30.4 Å². The lowest BCUT2D eigenvalue weighted by Crippen LogP contribution is -2.22. The highest BCUT2D eigenvalue weighted by atomic mass is 19.1. The number of halogens is 1. The van der Waals surface area contributed by atoms with Crippen LogP contribution in [0.4, 0.5) is 4.39 Å². The van der Waals surface area contributed by atoms with Gasteiger partial charge in [-0.05, 0) is 54.3 Å². The van der Waals surface area contributed by atoms with E-state index in [1.807, 2.05) is 12.1 Å². The quantitative estimate of drug-likeness (QED) is 0.921. The number of nitrogens with one attached hydrogen (secondary N) is 1. The van der Waals surface area contributed by atoms with Crippen molar-refractivity contribution in [2.24, 2.45) is 0 Å². The van der Waals surface area contributed by atoms with Crippen molar-refractivity contribution < 1.29 is 9.13 Å². The van der Waals surface area contributed by atoms with Gasteiger partial charge in [-0.3, -0.25) is 0 Å². The van der Waals surface area contributed by atoms with Crippen molar-refractivity contribution in [1.29, 1.82) is 0 Å². The lowest BCUT2D eigenvalue weighted by atomic mass is 9.95. The molecule has 1 atom stereocenters. The van der Waals surface area contributed by atoms with E-state index < -0.39 is 0 Å². The molecule has 1 unspecified atom stereocenters. The molecule has 0 aromatic heterocycles. The molecule has 3 rings (SSSR count). The van der Waals surface area contributed by atoms with Gasteiger partial charge >= 0.3 is 0 Å². The minimum atomic E-state index is -0.201. The van der Waals surface area contributed by atoms with Crippen LogP contribution in [0, 0.1) is 5.82 Å². The highest BCUT2D eigenvalue weighted by molar-refractivity contribution is 5.42. The van der Waals surface area contributed by atoms with Crippen LogP contribution in [0.3, 0.4) is 0 Å². The second-order valence-corrected chi connectivity index (χ2v) is 5.36. The van der Waals surface area contributed by atoms with Gasteiger partial charge < -0.3 is 10.1 Å². The second kappa shape index (κ2) is 6.27. The largest absolute Gasteiger partial charge is 0.493 e. The SMILES string of the molecule is CCNC(c1ccc(F)cc1)c1ccc2c(c1)CCCO2. The van der Waals surface area contributed by atoms with Crippen molar-refractivity contribution >= 4 is 0 Å². The zero-order chi connectivity index (χ0) is 14.7. The molecule has 2 aromatic carbocycles. The molecule has 110 valence electrons. The van der Waals surface area contributed by atoms with Crippen LogP contribution in [0.25, 0.3) is 0 Å². The molecule has 0 saturated heterocycles. The monoisotopic (exact) mass is 285 g/mol. The Morgan fingerprint density at radius 2 is 1.90 bits per heavy atom. The van der Waals surface area contributed by atoms with Gasteiger partial charge in [0.2, 0.25) is 0 Å². The van der Waals surface area contributed by atoms with E-state index in [0.29, 0.717) is 0 Å². The number of hydrogen-bond donors (Lipinski definition) is 1. The molecule has 0 spiro atoms. The van der Waals surface area contributed by atoms with Crippen molar-refractivity contribution in [1.82, 2.24) is 5.32 Å². The molecular formula is C18H20FNO. The summed E-state index contributed by atoms with van der Waals surface area (Å²) in [5.41, 5.74) is 3.55. The fourth-order valence-corrected chi connectivity index (χ4v) is 2.85. The summed E-state index contributed by atoms with van der Waals surface area (Å²) in [5, 5.41) is 3.48. The Morgan fingerprint density at radius 3 is 2.67 bits per heavy atom. The lowest BCUT2D eigenvalue weighted by molar-refractivity contribution is 0.288. The molecule has 2 aromatic rings. The van der Waals surface area contributed by atoms with Gasteiger partial charge in [-0.2, -0.15) is 0 Å². The molecule has 1 aliphatic heterocycles. The van der Waals surface area contributed by atoms with Crippen LogP contribution < -0.4 is 10.1 Å². The van der Waals surface area contributed by atoms with E-state index in [1.165, 1.54) is 23.3 Å². The highest BCUT2D eigenvalue weighted by Gasteiger charge is 2.17. The fraction of sp³-hybridized carbons (Fsp3) is 0.333. The van der Waals surface area contributed by atoms with Gasteiger partial charge in [0.1, 0.15) is 11.6 Å². The number of benzene rings is 2. The third-order valence-electron chi connectivity index (χ3n) is 3.88. The lowest BCUT2D eigenvalue weighted by Gasteiger charge is -2.23. The number of ether oxygens (including phenoxy) is 1. The minimum absolute atomic E-state index is 0.0860. The first-order valence-electron chi connectivity index (χ1n) is 7.52. The Labute approximate surface area is 125 Å². The van der Waals surface area contributed by atoms with E-state index in [1.54, 1.807) is 0 Å². The van der Waals surface area contributed by atoms with E-state index in [4.69, 9.17) is 4.74 Å². The first-order chi connectivity index (χ1) is 10.3. The van der Waals surface area contributed by atoms with Crippen LogP contribution >= 0.6 is 0 Å². The normalized spacial score (nSPS) is 15.1. The van der Waals surface area contributed by atoms with E-state index in [-0.39, 0.29) is 11.9 Å². The van der Waals surface area contributed by atoms with Crippen molar-refractivity contribution in [2.45, 2.75) is 25.8 Å². The Kier molecular flexibility index (Phi) is 4.20. The topological polar surface area (TPSA) is 21.3 Å².